The Balaban J connectivity index is 1.67. The van der Waals surface area contributed by atoms with Crippen LogP contribution in [0.3, 0.4) is 0 Å². The van der Waals surface area contributed by atoms with Crippen LogP contribution in [0.5, 0.6) is 0 Å². The second kappa shape index (κ2) is 8.40. The third kappa shape index (κ3) is 4.68. The summed E-state index contributed by atoms with van der Waals surface area (Å²) in [6.07, 6.45) is 1.66. The van der Waals surface area contributed by atoms with Crippen molar-refractivity contribution in [1.29, 1.82) is 0 Å². The molecule has 0 bridgehead atoms. The number of nitrogens with zero attached hydrogens (tertiary/aromatic N) is 2. The van der Waals surface area contributed by atoms with Gasteiger partial charge >= 0.3 is 5.97 Å². The van der Waals surface area contributed by atoms with Crippen molar-refractivity contribution in [2.75, 3.05) is 19.6 Å². The number of rotatable bonds is 7. The minimum atomic E-state index is -0.759. The first kappa shape index (κ1) is 19.8. The fraction of sp³-hybridized carbons (Fsp3) is 0.524. The molecular formula is C21H28N2O3S. The van der Waals surface area contributed by atoms with Gasteiger partial charge in [-0.3, -0.25) is 14.5 Å². The summed E-state index contributed by atoms with van der Waals surface area (Å²) in [5.41, 5.74) is 2.88. The molecule has 27 heavy (non-hydrogen) atoms. The monoisotopic (exact) mass is 388 g/mol. The SMILES string of the molecule is Cc1cc(C(=O)CN2CC(C)CC(C(=O)O)C2)c(C)n1CCc1cccs1. The number of carboxylic acid groups (broad SMARTS) is 1. The van der Waals surface area contributed by atoms with Crippen LogP contribution in [0.15, 0.2) is 23.6 Å². The largest absolute Gasteiger partial charge is 0.481 e. The van der Waals surface area contributed by atoms with E-state index in [1.165, 1.54) is 4.88 Å². The maximum absolute atomic E-state index is 12.9. The average Bonchev–Trinajstić information content (AvgIpc) is 3.21. The summed E-state index contributed by atoms with van der Waals surface area (Å²) in [5.74, 6) is -0.750. The van der Waals surface area contributed by atoms with Crippen LogP contribution in [-0.4, -0.2) is 46.0 Å². The lowest BCUT2D eigenvalue weighted by Gasteiger charge is -2.34. The van der Waals surface area contributed by atoms with Crippen molar-refractivity contribution in [2.45, 2.75) is 40.2 Å². The van der Waals surface area contributed by atoms with E-state index in [9.17, 15) is 14.7 Å². The molecule has 3 heterocycles. The van der Waals surface area contributed by atoms with Crippen molar-refractivity contribution in [3.63, 3.8) is 0 Å². The molecule has 0 amide bonds. The molecule has 0 saturated carbocycles. The van der Waals surface area contributed by atoms with Crippen LogP contribution in [0, 0.1) is 25.7 Å². The summed E-state index contributed by atoms with van der Waals surface area (Å²) >= 11 is 1.76. The zero-order valence-electron chi connectivity index (χ0n) is 16.3. The van der Waals surface area contributed by atoms with Gasteiger partial charge in [0.25, 0.3) is 0 Å². The fourth-order valence-corrected chi connectivity index (χ4v) is 4.86. The average molecular weight is 389 g/mol. The molecule has 2 aromatic rings. The Labute approximate surface area is 164 Å². The summed E-state index contributed by atoms with van der Waals surface area (Å²) in [7, 11) is 0. The van der Waals surface area contributed by atoms with E-state index in [1.54, 1.807) is 11.3 Å². The first-order valence-corrected chi connectivity index (χ1v) is 10.4. The molecule has 1 fully saturated rings. The van der Waals surface area contributed by atoms with Gasteiger partial charge in [0.05, 0.1) is 12.5 Å². The molecule has 0 aliphatic carbocycles. The molecule has 1 aliphatic rings. The highest BCUT2D eigenvalue weighted by Gasteiger charge is 2.30. The number of hydrogen-bond acceptors (Lipinski definition) is 4. The predicted molar refractivity (Wildman–Crippen MR) is 108 cm³/mol. The number of carbonyl (C=O) groups excluding carboxylic acids is 1. The summed E-state index contributed by atoms with van der Waals surface area (Å²) in [5, 5.41) is 11.4. The van der Waals surface area contributed by atoms with Gasteiger partial charge in [-0.1, -0.05) is 13.0 Å². The Morgan fingerprint density at radius 2 is 2.07 bits per heavy atom. The van der Waals surface area contributed by atoms with Crippen LogP contribution in [0.25, 0.3) is 0 Å². The van der Waals surface area contributed by atoms with Gasteiger partial charge in [0.15, 0.2) is 5.78 Å². The zero-order chi connectivity index (χ0) is 19.6. The van der Waals surface area contributed by atoms with E-state index >= 15 is 0 Å². The van der Waals surface area contributed by atoms with E-state index < -0.39 is 5.97 Å². The standard InChI is InChI=1S/C21H28N2O3S/c1-14-9-17(21(25)26)12-22(11-14)13-20(24)19-10-15(2)23(16(19)3)7-6-18-5-4-8-27-18/h4-5,8,10,14,17H,6-7,9,11-13H2,1-3H3,(H,25,26). The maximum atomic E-state index is 12.9. The van der Waals surface area contributed by atoms with Crippen molar-refractivity contribution in [3.05, 3.63) is 45.4 Å². The van der Waals surface area contributed by atoms with Crippen LogP contribution in [0.1, 0.15) is 40.0 Å². The number of likely N-dealkylation sites (tertiary alicyclic amines) is 1. The van der Waals surface area contributed by atoms with Gasteiger partial charge in [-0.25, -0.2) is 0 Å². The highest BCUT2D eigenvalue weighted by molar-refractivity contribution is 7.09. The van der Waals surface area contributed by atoms with Gasteiger partial charge in [0.2, 0.25) is 0 Å². The van der Waals surface area contributed by atoms with Crippen molar-refractivity contribution >= 4 is 23.1 Å². The summed E-state index contributed by atoms with van der Waals surface area (Å²) in [4.78, 5) is 27.6. The zero-order valence-corrected chi connectivity index (χ0v) is 17.1. The molecule has 2 aromatic heterocycles. The number of hydrogen-bond donors (Lipinski definition) is 1. The molecule has 6 heteroatoms. The molecule has 2 atom stereocenters. The molecule has 0 radical (unpaired) electrons. The normalized spacial score (nSPS) is 20.7. The number of ketones is 1. The number of thiophene rings is 1. The third-order valence-electron chi connectivity index (χ3n) is 5.49. The second-order valence-corrected chi connectivity index (χ2v) is 8.79. The van der Waals surface area contributed by atoms with Gasteiger partial charge in [-0.2, -0.15) is 0 Å². The molecule has 1 N–H and O–H groups in total. The molecule has 1 saturated heterocycles. The Bertz CT molecular complexity index is 810. The second-order valence-electron chi connectivity index (χ2n) is 7.76. The molecule has 146 valence electrons. The Morgan fingerprint density at radius 3 is 2.74 bits per heavy atom. The van der Waals surface area contributed by atoms with Gasteiger partial charge in [0.1, 0.15) is 0 Å². The third-order valence-corrected chi connectivity index (χ3v) is 6.42. The maximum Gasteiger partial charge on any atom is 0.307 e. The van der Waals surface area contributed by atoms with Crippen molar-refractivity contribution in [2.24, 2.45) is 11.8 Å². The van der Waals surface area contributed by atoms with E-state index in [2.05, 4.69) is 29.0 Å². The minimum absolute atomic E-state index is 0.0868. The Morgan fingerprint density at radius 1 is 1.30 bits per heavy atom. The van der Waals surface area contributed by atoms with Crippen LogP contribution in [0.4, 0.5) is 0 Å². The van der Waals surface area contributed by atoms with E-state index in [0.29, 0.717) is 25.4 Å². The molecular weight excluding hydrogens is 360 g/mol. The Hall–Kier alpha value is -1.92. The topological polar surface area (TPSA) is 62.5 Å². The molecule has 5 nitrogen and oxygen atoms in total. The van der Waals surface area contributed by atoms with E-state index in [-0.39, 0.29) is 11.7 Å². The highest BCUT2D eigenvalue weighted by atomic mass is 32.1. The van der Waals surface area contributed by atoms with Gasteiger partial charge in [0, 0.05) is 41.5 Å². The van der Waals surface area contributed by atoms with Crippen molar-refractivity contribution in [3.8, 4) is 0 Å². The molecule has 2 unspecified atom stereocenters. The molecule has 0 spiro atoms. The lowest BCUT2D eigenvalue weighted by Crippen LogP contribution is -2.44. The molecule has 3 rings (SSSR count). The van der Waals surface area contributed by atoms with E-state index in [4.69, 9.17) is 0 Å². The summed E-state index contributed by atoms with van der Waals surface area (Å²) in [6, 6.07) is 6.18. The lowest BCUT2D eigenvalue weighted by molar-refractivity contribution is -0.144. The number of carbonyl (C=O) groups is 2. The van der Waals surface area contributed by atoms with Crippen molar-refractivity contribution in [1.82, 2.24) is 9.47 Å². The minimum Gasteiger partial charge on any atom is -0.481 e. The predicted octanol–water partition coefficient (Wildman–Crippen LogP) is 3.63. The van der Waals surface area contributed by atoms with Crippen LogP contribution in [-0.2, 0) is 17.8 Å². The number of aromatic nitrogens is 1. The fourth-order valence-electron chi connectivity index (χ4n) is 4.16. The summed E-state index contributed by atoms with van der Waals surface area (Å²) < 4.78 is 2.21. The van der Waals surface area contributed by atoms with Gasteiger partial charge in [-0.15, -0.1) is 11.3 Å². The highest BCUT2D eigenvalue weighted by Crippen LogP contribution is 2.23. The quantitative estimate of drug-likeness (QED) is 0.736. The van der Waals surface area contributed by atoms with Crippen LogP contribution < -0.4 is 0 Å². The smallest absolute Gasteiger partial charge is 0.307 e. The first-order valence-electron chi connectivity index (χ1n) is 9.52. The van der Waals surface area contributed by atoms with Gasteiger partial charge < -0.3 is 9.67 Å². The van der Waals surface area contributed by atoms with Crippen molar-refractivity contribution < 1.29 is 14.7 Å². The Kier molecular flexibility index (Phi) is 6.17. The van der Waals surface area contributed by atoms with E-state index in [0.717, 1.165) is 36.5 Å². The van der Waals surface area contributed by atoms with Crippen LogP contribution >= 0.6 is 11.3 Å². The molecule has 1 aliphatic heterocycles. The lowest BCUT2D eigenvalue weighted by atomic mass is 9.90. The number of Topliss-reactive ketones (excluding diaryl/α,β-unsaturated/α-hetero) is 1. The number of carboxylic acids is 1. The van der Waals surface area contributed by atoms with E-state index in [1.807, 2.05) is 24.8 Å². The van der Waals surface area contributed by atoms with Crippen LogP contribution in [0.2, 0.25) is 0 Å². The number of piperidine rings is 1. The van der Waals surface area contributed by atoms with Gasteiger partial charge in [-0.05, 0) is 50.1 Å². The number of aryl methyl sites for hydroxylation is 2. The number of aliphatic carboxylic acids is 1. The first-order chi connectivity index (χ1) is 12.8. The molecule has 0 aromatic carbocycles. The summed E-state index contributed by atoms with van der Waals surface area (Å²) in [6.45, 7) is 8.52.